The lowest BCUT2D eigenvalue weighted by molar-refractivity contribution is -0.0968. The van der Waals surface area contributed by atoms with Crippen molar-refractivity contribution in [3.8, 4) is 0 Å². The third-order valence-corrected chi connectivity index (χ3v) is 3.91. The van der Waals surface area contributed by atoms with E-state index in [4.69, 9.17) is 10.5 Å². The molecule has 0 aliphatic carbocycles. The summed E-state index contributed by atoms with van der Waals surface area (Å²) in [6.45, 7) is 9.85. The zero-order valence-corrected chi connectivity index (χ0v) is 12.4. The fourth-order valence-electron chi connectivity index (χ4n) is 2.97. The summed E-state index contributed by atoms with van der Waals surface area (Å²) in [6.07, 6.45) is 1.06. The summed E-state index contributed by atoms with van der Waals surface area (Å²) in [5, 5.41) is 0. The van der Waals surface area contributed by atoms with E-state index in [1.807, 2.05) is 0 Å². The fraction of sp³-hybridized carbons (Fsp3) is 0.625. The normalized spacial score (nSPS) is 21.3. The van der Waals surface area contributed by atoms with Crippen LogP contribution in [0.15, 0.2) is 24.3 Å². The van der Waals surface area contributed by atoms with Crippen molar-refractivity contribution < 1.29 is 4.74 Å². The van der Waals surface area contributed by atoms with Gasteiger partial charge in [0.2, 0.25) is 0 Å². The molecule has 0 aromatic heterocycles. The fourth-order valence-corrected chi connectivity index (χ4v) is 2.97. The van der Waals surface area contributed by atoms with E-state index in [0.29, 0.717) is 12.6 Å². The summed E-state index contributed by atoms with van der Waals surface area (Å²) in [4.78, 5) is 2.47. The monoisotopic (exact) mass is 262 g/mol. The van der Waals surface area contributed by atoms with Gasteiger partial charge in [0.15, 0.2) is 0 Å². The average Bonchev–Trinajstić information content (AvgIpc) is 2.39. The van der Waals surface area contributed by atoms with E-state index in [-0.39, 0.29) is 5.60 Å². The van der Waals surface area contributed by atoms with Gasteiger partial charge in [0.1, 0.15) is 0 Å². The lowest BCUT2D eigenvalue weighted by atomic mass is 9.95. The Bertz CT molecular complexity index is 417. The molecule has 0 bridgehead atoms. The number of hydrogen-bond donors (Lipinski definition) is 1. The number of morpholine rings is 1. The molecular formula is C16H26N2O. The molecule has 3 nitrogen and oxygen atoms in total. The Morgan fingerprint density at radius 2 is 2.11 bits per heavy atom. The molecule has 1 saturated heterocycles. The minimum Gasteiger partial charge on any atom is -0.373 e. The molecule has 1 aliphatic heterocycles. The topological polar surface area (TPSA) is 38.5 Å². The molecule has 0 radical (unpaired) electrons. The molecule has 1 atom stereocenters. The number of hydrogen-bond acceptors (Lipinski definition) is 3. The van der Waals surface area contributed by atoms with Gasteiger partial charge in [-0.1, -0.05) is 31.2 Å². The van der Waals surface area contributed by atoms with E-state index in [0.717, 1.165) is 26.1 Å². The molecule has 0 saturated carbocycles. The predicted molar refractivity (Wildman–Crippen MR) is 79.2 cm³/mol. The largest absolute Gasteiger partial charge is 0.373 e. The highest BCUT2D eigenvalue weighted by molar-refractivity contribution is 5.30. The third-order valence-electron chi connectivity index (χ3n) is 3.91. The Kier molecular flexibility index (Phi) is 4.61. The molecule has 1 heterocycles. The van der Waals surface area contributed by atoms with Gasteiger partial charge >= 0.3 is 0 Å². The molecule has 1 fully saturated rings. The van der Waals surface area contributed by atoms with Crippen molar-refractivity contribution in [3.05, 3.63) is 35.4 Å². The summed E-state index contributed by atoms with van der Waals surface area (Å²) in [7, 11) is 0. The quantitative estimate of drug-likeness (QED) is 0.905. The zero-order valence-electron chi connectivity index (χ0n) is 12.4. The average molecular weight is 262 g/mol. The lowest BCUT2D eigenvalue weighted by Crippen LogP contribution is -2.50. The maximum atomic E-state index is 6.07. The molecular weight excluding hydrogens is 236 g/mol. The lowest BCUT2D eigenvalue weighted by Gasteiger charge is -2.42. The first-order valence-electron chi connectivity index (χ1n) is 7.23. The van der Waals surface area contributed by atoms with Crippen LogP contribution < -0.4 is 5.73 Å². The van der Waals surface area contributed by atoms with Crippen molar-refractivity contribution in [2.45, 2.75) is 38.8 Å². The summed E-state index contributed by atoms with van der Waals surface area (Å²) < 4.78 is 5.80. The van der Waals surface area contributed by atoms with Gasteiger partial charge in [-0.3, -0.25) is 4.90 Å². The Morgan fingerprint density at radius 3 is 2.74 bits per heavy atom. The van der Waals surface area contributed by atoms with Crippen LogP contribution in [0.4, 0.5) is 0 Å². The van der Waals surface area contributed by atoms with E-state index in [1.54, 1.807) is 0 Å². The molecule has 3 heteroatoms. The summed E-state index contributed by atoms with van der Waals surface area (Å²) in [6, 6.07) is 8.96. The van der Waals surface area contributed by atoms with Gasteiger partial charge in [0, 0.05) is 25.7 Å². The van der Waals surface area contributed by atoms with Crippen LogP contribution in [0.1, 0.15) is 37.9 Å². The van der Waals surface area contributed by atoms with Crippen molar-refractivity contribution in [2.75, 3.05) is 26.2 Å². The van der Waals surface area contributed by atoms with Crippen molar-refractivity contribution in [1.82, 2.24) is 4.90 Å². The minimum atomic E-state index is -0.0766. The van der Waals surface area contributed by atoms with Crippen molar-refractivity contribution in [1.29, 1.82) is 0 Å². The highest BCUT2D eigenvalue weighted by Gasteiger charge is 2.31. The van der Waals surface area contributed by atoms with Crippen molar-refractivity contribution in [3.63, 3.8) is 0 Å². The third kappa shape index (κ3) is 3.35. The highest BCUT2D eigenvalue weighted by Crippen LogP contribution is 2.28. The van der Waals surface area contributed by atoms with Crippen molar-refractivity contribution in [2.24, 2.45) is 5.73 Å². The maximum Gasteiger partial charge on any atom is 0.0753 e. The number of nitrogens with two attached hydrogens (primary N) is 1. The van der Waals surface area contributed by atoms with Crippen LogP contribution in [0.2, 0.25) is 0 Å². The van der Waals surface area contributed by atoms with Gasteiger partial charge in [-0.15, -0.1) is 0 Å². The molecule has 106 valence electrons. The second kappa shape index (κ2) is 6.04. The van der Waals surface area contributed by atoms with Crippen LogP contribution in [0.3, 0.4) is 0 Å². The van der Waals surface area contributed by atoms with Gasteiger partial charge in [0.25, 0.3) is 0 Å². The highest BCUT2D eigenvalue weighted by atomic mass is 16.5. The first-order valence-corrected chi connectivity index (χ1v) is 7.23. The molecule has 2 N–H and O–H groups in total. The smallest absolute Gasteiger partial charge is 0.0753 e. The molecule has 1 aromatic rings. The van der Waals surface area contributed by atoms with Gasteiger partial charge in [-0.05, 0) is 31.4 Å². The number of rotatable bonds is 4. The first kappa shape index (κ1) is 14.5. The number of ether oxygens (including phenoxy) is 1. The second-order valence-electron chi connectivity index (χ2n) is 5.88. The van der Waals surface area contributed by atoms with Crippen LogP contribution >= 0.6 is 0 Å². The SMILES string of the molecule is CCc1ccccc1C(CN)N1CCOC(C)(C)C1. The molecule has 0 spiro atoms. The van der Waals surface area contributed by atoms with Gasteiger partial charge in [-0.2, -0.15) is 0 Å². The molecule has 1 unspecified atom stereocenters. The van der Waals surface area contributed by atoms with E-state index < -0.39 is 0 Å². The predicted octanol–water partition coefficient (Wildman–Crippen LogP) is 2.36. The number of aryl methyl sites for hydroxylation is 1. The summed E-state index contributed by atoms with van der Waals surface area (Å²) in [5.41, 5.74) is 8.77. The summed E-state index contributed by atoms with van der Waals surface area (Å²) in [5.74, 6) is 0. The Hall–Kier alpha value is -0.900. The molecule has 1 aliphatic rings. The van der Waals surface area contributed by atoms with Crippen LogP contribution in [-0.2, 0) is 11.2 Å². The van der Waals surface area contributed by atoms with Crippen LogP contribution in [0.5, 0.6) is 0 Å². The molecule has 19 heavy (non-hydrogen) atoms. The molecule has 1 aromatic carbocycles. The minimum absolute atomic E-state index is 0.0766. The van der Waals surface area contributed by atoms with Gasteiger partial charge in [-0.25, -0.2) is 0 Å². The second-order valence-corrected chi connectivity index (χ2v) is 5.88. The van der Waals surface area contributed by atoms with Crippen LogP contribution in [0.25, 0.3) is 0 Å². The first-order chi connectivity index (χ1) is 9.07. The van der Waals surface area contributed by atoms with Gasteiger partial charge in [0.05, 0.1) is 12.2 Å². The molecule has 0 amide bonds. The Morgan fingerprint density at radius 1 is 1.37 bits per heavy atom. The standard InChI is InChI=1S/C16H26N2O/c1-4-13-7-5-6-8-14(13)15(11-17)18-9-10-19-16(2,3)12-18/h5-8,15H,4,9-12,17H2,1-3H3. The Labute approximate surface area is 116 Å². The van der Waals surface area contributed by atoms with Crippen molar-refractivity contribution >= 4 is 0 Å². The summed E-state index contributed by atoms with van der Waals surface area (Å²) >= 11 is 0. The number of nitrogens with zero attached hydrogens (tertiary/aromatic N) is 1. The number of benzene rings is 1. The maximum absolute atomic E-state index is 6.07. The zero-order chi connectivity index (χ0) is 13.9. The molecule has 2 rings (SSSR count). The van der Waals surface area contributed by atoms with Crippen LogP contribution in [0, 0.1) is 0 Å². The Balaban J connectivity index is 2.24. The van der Waals surface area contributed by atoms with E-state index in [1.165, 1.54) is 11.1 Å². The van der Waals surface area contributed by atoms with Crippen LogP contribution in [-0.4, -0.2) is 36.7 Å². The van der Waals surface area contributed by atoms with Gasteiger partial charge < -0.3 is 10.5 Å². The van der Waals surface area contributed by atoms with E-state index in [2.05, 4.69) is 49.9 Å². The van der Waals surface area contributed by atoms with E-state index >= 15 is 0 Å². The van der Waals surface area contributed by atoms with E-state index in [9.17, 15) is 0 Å².